The molecule has 0 aliphatic carbocycles. The van der Waals surface area contributed by atoms with Crippen molar-refractivity contribution < 1.29 is 28.2 Å². The Morgan fingerprint density at radius 1 is 1.07 bits per heavy atom. The summed E-state index contributed by atoms with van der Waals surface area (Å²) < 4.78 is 24.5. The van der Waals surface area contributed by atoms with Crippen molar-refractivity contribution in [2.75, 3.05) is 31.5 Å². The number of nitrogens with zero attached hydrogens (tertiary/aromatic N) is 4. The van der Waals surface area contributed by atoms with Crippen molar-refractivity contribution >= 4 is 30.2 Å². The summed E-state index contributed by atoms with van der Waals surface area (Å²) in [6, 6.07) is 18.0. The number of phenols is 1. The standard InChI is InChI=1S/C33H32FN5O5.ClH/c1-33(2,3)44-32(42)39-13-11-38(12-14-39)20-21-6-4-7-22(16-21)25-18-27(24-10-9-23(34)17-28(24)40)36-30(26(25)19-35)37-31(41)29-8-5-15-43-29;/h4-10,15-18,40H,11-14,20H2,1-3H3,(H,36,37,41);1H. The van der Waals surface area contributed by atoms with Gasteiger partial charge in [0.1, 0.15) is 28.8 Å². The van der Waals surface area contributed by atoms with Crippen molar-refractivity contribution in [3.63, 3.8) is 0 Å². The molecule has 2 aromatic carbocycles. The second-order valence-electron chi connectivity index (χ2n) is 11.4. The van der Waals surface area contributed by atoms with Crippen LogP contribution in [-0.2, 0) is 11.3 Å². The van der Waals surface area contributed by atoms with Gasteiger partial charge in [0, 0.05) is 49.9 Å². The number of piperazine rings is 1. The van der Waals surface area contributed by atoms with Crippen LogP contribution in [0.3, 0.4) is 0 Å². The second kappa shape index (κ2) is 13.8. The number of aromatic nitrogens is 1. The van der Waals surface area contributed by atoms with E-state index in [0.29, 0.717) is 43.9 Å². The molecule has 1 aliphatic heterocycles. The number of carbonyl (C=O) groups is 2. The molecule has 1 fully saturated rings. The van der Waals surface area contributed by atoms with Gasteiger partial charge in [-0.3, -0.25) is 9.69 Å². The molecule has 10 nitrogen and oxygen atoms in total. The third-order valence-electron chi connectivity index (χ3n) is 7.01. The summed E-state index contributed by atoms with van der Waals surface area (Å²) in [7, 11) is 0. The van der Waals surface area contributed by atoms with Crippen molar-refractivity contribution in [3.8, 4) is 34.2 Å². The number of halogens is 2. The van der Waals surface area contributed by atoms with Crippen LogP contribution in [0, 0.1) is 17.1 Å². The minimum absolute atomic E-state index is 0. The summed E-state index contributed by atoms with van der Waals surface area (Å²) in [6.07, 6.45) is 1.04. The van der Waals surface area contributed by atoms with Crippen LogP contribution in [0.5, 0.6) is 5.75 Å². The Kier molecular flexibility index (Phi) is 10.1. The van der Waals surface area contributed by atoms with Crippen LogP contribution in [0.15, 0.2) is 71.3 Å². The van der Waals surface area contributed by atoms with Crippen molar-refractivity contribution in [3.05, 3.63) is 89.6 Å². The predicted molar refractivity (Wildman–Crippen MR) is 168 cm³/mol. The number of aromatic hydroxyl groups is 1. The highest BCUT2D eigenvalue weighted by Gasteiger charge is 2.26. The molecule has 3 heterocycles. The van der Waals surface area contributed by atoms with E-state index in [0.717, 1.165) is 11.6 Å². The molecule has 0 unspecified atom stereocenters. The number of carbonyl (C=O) groups excluding carboxylic acids is 2. The maximum absolute atomic E-state index is 13.8. The van der Waals surface area contributed by atoms with Gasteiger partial charge in [-0.05, 0) is 68.3 Å². The van der Waals surface area contributed by atoms with E-state index in [1.54, 1.807) is 17.0 Å². The first-order chi connectivity index (χ1) is 21.0. The maximum Gasteiger partial charge on any atom is 0.410 e. The molecule has 1 aliphatic rings. The average molecular weight is 634 g/mol. The molecule has 0 saturated carbocycles. The van der Waals surface area contributed by atoms with E-state index in [-0.39, 0.29) is 52.6 Å². The molecule has 234 valence electrons. The van der Waals surface area contributed by atoms with Gasteiger partial charge in [0.15, 0.2) is 11.6 Å². The quantitative estimate of drug-likeness (QED) is 0.248. The lowest BCUT2D eigenvalue weighted by Crippen LogP contribution is -2.49. The summed E-state index contributed by atoms with van der Waals surface area (Å²) >= 11 is 0. The Balaban J connectivity index is 0.00000461. The molecular weight excluding hydrogens is 601 g/mol. The fourth-order valence-corrected chi connectivity index (χ4v) is 4.92. The first kappa shape index (κ1) is 33.0. The Labute approximate surface area is 266 Å². The monoisotopic (exact) mass is 633 g/mol. The van der Waals surface area contributed by atoms with Gasteiger partial charge in [0.25, 0.3) is 5.91 Å². The van der Waals surface area contributed by atoms with Gasteiger partial charge >= 0.3 is 6.09 Å². The van der Waals surface area contributed by atoms with E-state index >= 15 is 0 Å². The van der Waals surface area contributed by atoms with E-state index in [2.05, 4.69) is 21.3 Å². The van der Waals surface area contributed by atoms with E-state index in [1.165, 1.54) is 24.5 Å². The van der Waals surface area contributed by atoms with E-state index in [1.807, 2.05) is 45.0 Å². The molecular formula is C33H33ClFN5O5. The van der Waals surface area contributed by atoms with Crippen LogP contribution in [0.25, 0.3) is 22.4 Å². The molecule has 2 amide bonds. The molecule has 45 heavy (non-hydrogen) atoms. The topological polar surface area (TPSA) is 132 Å². The first-order valence-electron chi connectivity index (χ1n) is 14.1. The van der Waals surface area contributed by atoms with Gasteiger partial charge in [0.2, 0.25) is 0 Å². The van der Waals surface area contributed by atoms with Crippen molar-refractivity contribution in [2.24, 2.45) is 0 Å². The number of rotatable bonds is 6. The molecule has 1 saturated heterocycles. The zero-order chi connectivity index (χ0) is 31.4. The number of pyridine rings is 1. The van der Waals surface area contributed by atoms with Crippen molar-refractivity contribution in [1.82, 2.24) is 14.8 Å². The van der Waals surface area contributed by atoms with E-state index in [4.69, 9.17) is 9.15 Å². The fraction of sp³-hybridized carbons (Fsp3) is 0.273. The lowest BCUT2D eigenvalue weighted by atomic mass is 9.96. The molecule has 2 N–H and O–H groups in total. The fourth-order valence-electron chi connectivity index (χ4n) is 4.92. The molecule has 2 aromatic heterocycles. The number of nitrogens with one attached hydrogen (secondary N) is 1. The van der Waals surface area contributed by atoms with Crippen LogP contribution in [0.1, 0.15) is 42.5 Å². The highest BCUT2D eigenvalue weighted by Crippen LogP contribution is 2.36. The number of furan rings is 1. The summed E-state index contributed by atoms with van der Waals surface area (Å²) in [5, 5.41) is 23.4. The van der Waals surface area contributed by atoms with Crippen LogP contribution in [0.2, 0.25) is 0 Å². The normalized spacial score (nSPS) is 13.4. The molecule has 0 bridgehead atoms. The first-order valence-corrected chi connectivity index (χ1v) is 14.1. The summed E-state index contributed by atoms with van der Waals surface area (Å²) in [5.74, 6) is -1.57. The molecule has 0 atom stereocenters. The van der Waals surface area contributed by atoms with Crippen molar-refractivity contribution in [2.45, 2.75) is 32.9 Å². The zero-order valence-electron chi connectivity index (χ0n) is 25.0. The van der Waals surface area contributed by atoms with Gasteiger partial charge in [-0.15, -0.1) is 12.4 Å². The van der Waals surface area contributed by atoms with Crippen LogP contribution in [-0.4, -0.2) is 63.7 Å². The van der Waals surface area contributed by atoms with E-state index < -0.39 is 17.3 Å². The minimum atomic E-state index is -0.619. The summed E-state index contributed by atoms with van der Waals surface area (Å²) in [4.78, 5) is 33.7. The van der Waals surface area contributed by atoms with Crippen LogP contribution in [0.4, 0.5) is 15.0 Å². The lowest BCUT2D eigenvalue weighted by molar-refractivity contribution is 0.0139. The maximum atomic E-state index is 13.8. The third-order valence-corrected chi connectivity index (χ3v) is 7.01. The van der Waals surface area contributed by atoms with Gasteiger partial charge in [-0.1, -0.05) is 18.2 Å². The van der Waals surface area contributed by atoms with Crippen LogP contribution >= 0.6 is 12.4 Å². The number of hydrogen-bond acceptors (Lipinski definition) is 8. The molecule has 12 heteroatoms. The third kappa shape index (κ3) is 7.98. The summed E-state index contributed by atoms with van der Waals surface area (Å²) in [5.41, 5.74) is 2.14. The number of anilines is 1. The number of benzene rings is 2. The average Bonchev–Trinajstić information content (AvgIpc) is 3.52. The number of hydrogen-bond donors (Lipinski definition) is 2. The second-order valence-corrected chi connectivity index (χ2v) is 11.4. The Morgan fingerprint density at radius 2 is 1.82 bits per heavy atom. The highest BCUT2D eigenvalue weighted by atomic mass is 35.5. The van der Waals surface area contributed by atoms with Crippen molar-refractivity contribution in [1.29, 1.82) is 5.26 Å². The largest absolute Gasteiger partial charge is 0.507 e. The lowest BCUT2D eigenvalue weighted by Gasteiger charge is -2.35. The van der Waals surface area contributed by atoms with Crippen LogP contribution < -0.4 is 5.32 Å². The molecule has 0 spiro atoms. The zero-order valence-corrected chi connectivity index (χ0v) is 25.9. The Hall–Kier alpha value is -4.92. The summed E-state index contributed by atoms with van der Waals surface area (Å²) in [6.45, 7) is 8.55. The molecule has 0 radical (unpaired) electrons. The molecule has 5 rings (SSSR count). The van der Waals surface area contributed by atoms with Gasteiger partial charge in [-0.25, -0.2) is 14.2 Å². The molecule has 4 aromatic rings. The Morgan fingerprint density at radius 3 is 2.47 bits per heavy atom. The predicted octanol–water partition coefficient (Wildman–Crippen LogP) is 6.45. The smallest absolute Gasteiger partial charge is 0.410 e. The Bertz CT molecular complexity index is 1720. The number of ether oxygens (including phenoxy) is 1. The minimum Gasteiger partial charge on any atom is -0.507 e. The number of amides is 2. The number of phenolic OH excluding ortho intramolecular Hbond substituents is 1. The number of nitriles is 1. The van der Waals surface area contributed by atoms with Gasteiger partial charge in [0.05, 0.1) is 12.0 Å². The van der Waals surface area contributed by atoms with E-state index in [9.17, 15) is 24.3 Å². The van der Waals surface area contributed by atoms with Gasteiger partial charge < -0.3 is 24.5 Å². The highest BCUT2D eigenvalue weighted by molar-refractivity contribution is 6.03. The SMILES string of the molecule is CC(C)(C)OC(=O)N1CCN(Cc2cccc(-c3cc(-c4ccc(F)cc4O)nc(NC(=O)c4ccco4)c3C#N)c2)CC1.Cl. The van der Waals surface area contributed by atoms with Gasteiger partial charge in [-0.2, -0.15) is 5.26 Å².